The minimum absolute atomic E-state index is 0.189. The van der Waals surface area contributed by atoms with E-state index in [0.717, 1.165) is 16.7 Å². The van der Waals surface area contributed by atoms with Crippen LogP contribution in [0, 0.1) is 23.3 Å². The molecule has 0 fully saturated rings. The summed E-state index contributed by atoms with van der Waals surface area (Å²) in [6.07, 6.45) is 0. The molecule has 29 heavy (non-hydrogen) atoms. The molecule has 4 rings (SSSR count). The van der Waals surface area contributed by atoms with E-state index in [1.54, 1.807) is 4.90 Å². The normalized spacial score (nSPS) is 12.7. The molecule has 6 nitrogen and oxygen atoms in total. The molecular weight excluding hydrogens is 392 g/mol. The number of hydrogen-bond donors (Lipinski definition) is 1. The molecule has 2 heterocycles. The van der Waals surface area contributed by atoms with Gasteiger partial charge in [-0.1, -0.05) is 0 Å². The summed E-state index contributed by atoms with van der Waals surface area (Å²) in [5, 5.41) is 2.93. The van der Waals surface area contributed by atoms with Crippen molar-refractivity contribution in [3.8, 4) is 17.4 Å². The van der Waals surface area contributed by atoms with Gasteiger partial charge in [0.25, 0.3) is 5.56 Å². The Hall–Kier alpha value is -3.56. The molecule has 0 radical (unpaired) electrons. The molecule has 1 N–H and O–H groups in total. The molecule has 0 bridgehead atoms. The molecule has 0 amide bonds. The lowest BCUT2D eigenvalue weighted by Gasteiger charge is -2.17. The third-order valence-electron chi connectivity index (χ3n) is 4.42. The van der Waals surface area contributed by atoms with E-state index in [1.165, 1.54) is 12.1 Å². The molecule has 3 aromatic rings. The van der Waals surface area contributed by atoms with E-state index in [4.69, 9.17) is 4.74 Å². The van der Waals surface area contributed by atoms with Gasteiger partial charge in [0.2, 0.25) is 0 Å². The van der Waals surface area contributed by atoms with Gasteiger partial charge in [0.1, 0.15) is 11.5 Å². The summed E-state index contributed by atoms with van der Waals surface area (Å²) in [6, 6.07) is 5.35. The Labute approximate surface area is 162 Å². The van der Waals surface area contributed by atoms with Gasteiger partial charge in [-0.2, -0.15) is 4.98 Å². The van der Waals surface area contributed by atoms with Crippen LogP contribution >= 0.6 is 0 Å². The van der Waals surface area contributed by atoms with Crippen LogP contribution in [0.4, 0.5) is 29.1 Å². The van der Waals surface area contributed by atoms with Gasteiger partial charge in [0.15, 0.2) is 29.0 Å². The number of anilines is 2. The van der Waals surface area contributed by atoms with Gasteiger partial charge in [-0.05, 0) is 31.2 Å². The molecule has 1 aliphatic rings. The van der Waals surface area contributed by atoms with Crippen molar-refractivity contribution in [2.24, 2.45) is 0 Å². The summed E-state index contributed by atoms with van der Waals surface area (Å²) < 4.78 is 60.6. The molecule has 0 saturated carbocycles. The van der Waals surface area contributed by atoms with E-state index >= 15 is 0 Å². The van der Waals surface area contributed by atoms with Crippen LogP contribution in [0.5, 0.6) is 11.8 Å². The van der Waals surface area contributed by atoms with Gasteiger partial charge < -0.3 is 15.0 Å². The minimum atomic E-state index is -1.38. The predicted molar refractivity (Wildman–Crippen MR) is 97.7 cm³/mol. The Bertz CT molecular complexity index is 1150. The highest BCUT2D eigenvalue weighted by molar-refractivity contribution is 5.71. The van der Waals surface area contributed by atoms with Gasteiger partial charge in [0, 0.05) is 18.7 Å². The second-order valence-corrected chi connectivity index (χ2v) is 6.20. The zero-order valence-corrected chi connectivity index (χ0v) is 15.0. The maximum atomic E-state index is 14.1. The zero-order chi connectivity index (χ0) is 20.7. The van der Waals surface area contributed by atoms with Crippen molar-refractivity contribution in [2.45, 2.75) is 6.92 Å². The van der Waals surface area contributed by atoms with Gasteiger partial charge in [0.05, 0.1) is 12.4 Å². The smallest absolute Gasteiger partial charge is 0.311 e. The number of rotatable bonds is 4. The Morgan fingerprint density at radius 3 is 2.45 bits per heavy atom. The molecule has 1 aromatic heterocycles. The quantitative estimate of drug-likeness (QED) is 0.528. The van der Waals surface area contributed by atoms with Crippen molar-refractivity contribution >= 4 is 11.5 Å². The van der Waals surface area contributed by atoms with Crippen LogP contribution in [-0.4, -0.2) is 22.8 Å². The van der Waals surface area contributed by atoms with Crippen molar-refractivity contribution in [2.75, 3.05) is 23.4 Å². The van der Waals surface area contributed by atoms with E-state index < -0.39 is 34.6 Å². The van der Waals surface area contributed by atoms with Crippen LogP contribution in [0.2, 0.25) is 0 Å². The second kappa shape index (κ2) is 7.12. The molecule has 2 aromatic carbocycles. The van der Waals surface area contributed by atoms with Crippen molar-refractivity contribution in [3.05, 3.63) is 70.0 Å². The average molecular weight is 406 g/mol. The molecule has 150 valence electrons. The second-order valence-electron chi connectivity index (χ2n) is 6.20. The van der Waals surface area contributed by atoms with E-state index in [1.807, 2.05) is 6.92 Å². The highest BCUT2D eigenvalue weighted by Gasteiger charge is 2.27. The fourth-order valence-corrected chi connectivity index (χ4v) is 2.95. The maximum absolute atomic E-state index is 14.1. The first kappa shape index (κ1) is 18.8. The predicted octanol–water partition coefficient (Wildman–Crippen LogP) is 3.79. The molecule has 0 atom stereocenters. The van der Waals surface area contributed by atoms with Crippen LogP contribution < -0.4 is 20.5 Å². The summed E-state index contributed by atoms with van der Waals surface area (Å²) in [7, 11) is 0. The fourth-order valence-electron chi connectivity index (χ4n) is 2.95. The number of fused-ring (bicyclic) bond motifs is 1. The molecule has 10 heteroatoms. The van der Waals surface area contributed by atoms with Gasteiger partial charge in [-0.3, -0.25) is 4.79 Å². The Balaban J connectivity index is 1.92. The Kier molecular flexibility index (Phi) is 4.61. The first-order valence-electron chi connectivity index (χ1n) is 8.63. The number of hydrogen-bond acceptors (Lipinski definition) is 5. The average Bonchev–Trinajstić information content (AvgIpc) is 3.11. The standard InChI is InChI=1S/C19H14F4N4O2/c1-2-26-9-24-16-17(26)25-19(29-15-8-13(22)12(21)7-14(15)23)27(18(16)28)11-5-3-10(20)4-6-11/h3-8,24H,2,9H2,1H3. The fraction of sp³-hybridized carbons (Fsp3) is 0.158. The Morgan fingerprint density at radius 1 is 1.07 bits per heavy atom. The number of benzene rings is 2. The first-order chi connectivity index (χ1) is 13.9. The largest absolute Gasteiger partial charge is 0.422 e. The monoisotopic (exact) mass is 406 g/mol. The molecule has 0 spiro atoms. The summed E-state index contributed by atoms with van der Waals surface area (Å²) in [5.74, 6) is -4.78. The van der Waals surface area contributed by atoms with Gasteiger partial charge in [-0.25, -0.2) is 22.1 Å². The van der Waals surface area contributed by atoms with Gasteiger partial charge >= 0.3 is 6.01 Å². The van der Waals surface area contributed by atoms with Crippen molar-refractivity contribution in [1.82, 2.24) is 9.55 Å². The number of nitrogens with zero attached hydrogens (tertiary/aromatic N) is 3. The van der Waals surface area contributed by atoms with Crippen LogP contribution in [0.25, 0.3) is 5.69 Å². The highest BCUT2D eigenvalue weighted by Crippen LogP contribution is 2.32. The SMILES string of the molecule is CCN1CNc2c1nc(Oc1cc(F)c(F)cc1F)n(-c1ccc(F)cc1)c2=O. The van der Waals surface area contributed by atoms with Crippen LogP contribution in [0.3, 0.4) is 0 Å². The molecule has 0 aliphatic carbocycles. The summed E-state index contributed by atoms with van der Waals surface area (Å²) >= 11 is 0. The number of aromatic nitrogens is 2. The molecule has 0 saturated heterocycles. The highest BCUT2D eigenvalue weighted by atomic mass is 19.2. The number of nitrogens with one attached hydrogen (secondary N) is 1. The lowest BCUT2D eigenvalue weighted by atomic mass is 10.3. The zero-order valence-electron chi connectivity index (χ0n) is 15.0. The lowest BCUT2D eigenvalue weighted by Crippen LogP contribution is -2.24. The summed E-state index contributed by atoms with van der Waals surface area (Å²) in [6.45, 7) is 2.69. The van der Waals surface area contributed by atoms with Crippen LogP contribution in [-0.2, 0) is 0 Å². The van der Waals surface area contributed by atoms with Crippen LogP contribution in [0.1, 0.15) is 6.92 Å². The minimum Gasteiger partial charge on any atom is -0.422 e. The summed E-state index contributed by atoms with van der Waals surface area (Å²) in [4.78, 5) is 19.1. The van der Waals surface area contributed by atoms with E-state index in [0.29, 0.717) is 25.3 Å². The lowest BCUT2D eigenvalue weighted by molar-refractivity contribution is 0.387. The Morgan fingerprint density at radius 2 is 1.76 bits per heavy atom. The van der Waals surface area contributed by atoms with Crippen molar-refractivity contribution < 1.29 is 22.3 Å². The van der Waals surface area contributed by atoms with Crippen molar-refractivity contribution in [3.63, 3.8) is 0 Å². The van der Waals surface area contributed by atoms with Gasteiger partial charge in [-0.15, -0.1) is 0 Å². The third-order valence-corrected chi connectivity index (χ3v) is 4.42. The van der Waals surface area contributed by atoms with E-state index in [9.17, 15) is 22.4 Å². The molecular formula is C19H14F4N4O2. The molecule has 1 aliphatic heterocycles. The maximum Gasteiger partial charge on any atom is 0.311 e. The number of ether oxygens (including phenoxy) is 1. The first-order valence-corrected chi connectivity index (χ1v) is 8.63. The number of halogens is 4. The van der Waals surface area contributed by atoms with E-state index in [-0.39, 0.29) is 23.2 Å². The van der Waals surface area contributed by atoms with E-state index in [2.05, 4.69) is 10.3 Å². The summed E-state index contributed by atoms with van der Waals surface area (Å²) in [5.41, 5.74) is -0.189. The molecule has 0 unspecified atom stereocenters. The van der Waals surface area contributed by atoms with Crippen LogP contribution in [0.15, 0.2) is 41.2 Å². The van der Waals surface area contributed by atoms with Crippen molar-refractivity contribution in [1.29, 1.82) is 0 Å². The topological polar surface area (TPSA) is 59.4 Å². The third kappa shape index (κ3) is 3.26.